The smallest absolute Gasteiger partial charge is 0.338 e. The van der Waals surface area contributed by atoms with Gasteiger partial charge in [-0.25, -0.2) is 40.9 Å². The van der Waals surface area contributed by atoms with E-state index < -0.39 is 75.2 Å². The first-order valence-corrected chi connectivity index (χ1v) is 31.1. The Labute approximate surface area is 501 Å². The van der Waals surface area contributed by atoms with Crippen LogP contribution >= 0.6 is 8.30 Å². The number of ether oxygens (including phenoxy) is 7. The minimum Gasteiger partial charge on any atom is -0.459 e. The molecule has 2 aliphatic rings. The molecule has 2 fully saturated rings. The minimum absolute atomic E-state index is 0.0675. The summed E-state index contributed by atoms with van der Waals surface area (Å²) in [5.41, 5.74) is 2.02. The highest BCUT2D eigenvalue weighted by atomic mass is 31.2. The van der Waals surface area contributed by atoms with Crippen LogP contribution in [0.5, 0.6) is 0 Å². The van der Waals surface area contributed by atoms with Gasteiger partial charge in [-0.1, -0.05) is 81.3 Å². The van der Waals surface area contributed by atoms with E-state index in [9.17, 15) is 19.2 Å². The van der Waals surface area contributed by atoms with Crippen LogP contribution in [0.15, 0.2) is 109 Å². The highest BCUT2D eigenvalue weighted by Gasteiger charge is 2.51. The second-order valence-electron chi connectivity index (χ2n) is 21.9. The molecule has 4 heterocycles. The number of esters is 3. The van der Waals surface area contributed by atoms with Gasteiger partial charge in [-0.2, -0.15) is 0 Å². The number of fused-ring (bicyclic) bond motifs is 1. The third kappa shape index (κ3) is 18.9. The molecule has 1 N–H and O–H groups in total. The molecule has 85 heavy (non-hydrogen) atoms. The third-order valence-corrected chi connectivity index (χ3v) is 17.1. The molecule has 22 heteroatoms. The Morgan fingerprint density at radius 2 is 1.35 bits per heavy atom. The Morgan fingerprint density at radius 3 is 1.98 bits per heavy atom. The second kappa shape index (κ2) is 33.8. The Morgan fingerprint density at radius 1 is 0.741 bits per heavy atom. The summed E-state index contributed by atoms with van der Waals surface area (Å²) in [7, 11) is 2.66. The molecule has 2 aliphatic heterocycles. The van der Waals surface area contributed by atoms with Crippen molar-refractivity contribution >= 4 is 55.4 Å². The van der Waals surface area contributed by atoms with Crippen LogP contribution < -0.4 is 5.32 Å². The van der Waals surface area contributed by atoms with E-state index in [1.54, 1.807) is 111 Å². The molecule has 0 spiro atoms. The van der Waals surface area contributed by atoms with Crippen molar-refractivity contribution in [1.29, 1.82) is 0 Å². The van der Waals surface area contributed by atoms with Crippen LogP contribution in [0.25, 0.3) is 16.0 Å². The second-order valence-corrected chi connectivity index (χ2v) is 23.7. The Hall–Kier alpha value is -6.76. The molecule has 0 aliphatic carbocycles. The number of carbonyl (C=O) groups excluding carboxylic acids is 4. The van der Waals surface area contributed by atoms with Crippen LogP contribution in [0.3, 0.4) is 0 Å². The van der Waals surface area contributed by atoms with Crippen LogP contribution in [0.4, 0.5) is 5.82 Å². The summed E-state index contributed by atoms with van der Waals surface area (Å²) >= 11 is 0. The fourth-order valence-corrected chi connectivity index (χ4v) is 12.8. The summed E-state index contributed by atoms with van der Waals surface area (Å²) in [5, 5.41) is 3.06. The number of rotatable bonds is 33. The molecule has 3 aromatic carbocycles. The van der Waals surface area contributed by atoms with Gasteiger partial charge in [-0.3, -0.25) is 14.0 Å². The van der Waals surface area contributed by atoms with Gasteiger partial charge in [0.05, 0.1) is 35.5 Å². The van der Waals surface area contributed by atoms with Crippen molar-refractivity contribution in [3.05, 3.63) is 132 Å². The van der Waals surface area contributed by atoms with Gasteiger partial charge in [-0.05, 0) is 96.2 Å². The molecular formula is C63H84N9O12P. The number of carbonyl (C=O) groups is 4. The largest absolute Gasteiger partial charge is 0.459 e. The van der Waals surface area contributed by atoms with E-state index in [4.69, 9.17) is 49.2 Å². The number of amides is 1. The highest BCUT2D eigenvalue weighted by Crippen LogP contribution is 2.51. The van der Waals surface area contributed by atoms with Gasteiger partial charge in [0.2, 0.25) is 12.5 Å². The van der Waals surface area contributed by atoms with E-state index in [-0.39, 0.29) is 49.3 Å². The number of imidazole rings is 1. The minimum atomic E-state index is -1.19. The molecule has 5 aromatic rings. The van der Waals surface area contributed by atoms with Gasteiger partial charge in [0.25, 0.3) is 0 Å². The van der Waals surface area contributed by atoms with E-state index in [1.165, 1.54) is 6.33 Å². The van der Waals surface area contributed by atoms with Gasteiger partial charge >= 0.3 is 17.9 Å². The highest BCUT2D eigenvalue weighted by molar-refractivity contribution is 7.50. The van der Waals surface area contributed by atoms with E-state index in [0.29, 0.717) is 67.1 Å². The number of hydrogen-bond acceptors (Lipinski definition) is 17. The Balaban J connectivity index is 0.911. The molecule has 2 aromatic heterocycles. The van der Waals surface area contributed by atoms with Gasteiger partial charge in [0.15, 0.2) is 35.6 Å². The molecule has 1 amide bonds. The zero-order valence-electron chi connectivity index (χ0n) is 50.3. The van der Waals surface area contributed by atoms with Gasteiger partial charge < -0.3 is 52.7 Å². The number of benzene rings is 3. The summed E-state index contributed by atoms with van der Waals surface area (Å²) in [6.45, 7) is 21.4. The zero-order valence-corrected chi connectivity index (χ0v) is 51.2. The molecule has 2 unspecified atom stereocenters. The van der Waals surface area contributed by atoms with Crippen LogP contribution in [-0.2, 0) is 42.5 Å². The first-order chi connectivity index (χ1) is 41.2. The summed E-state index contributed by atoms with van der Waals surface area (Å²) in [4.78, 5) is 77.2. The topological polar surface area (TPSA) is 221 Å². The fraction of sp³-hybridized carbons (Fsp3) is 0.540. The first kappa shape index (κ1) is 65.8. The lowest BCUT2D eigenvalue weighted by Gasteiger charge is -2.44. The van der Waals surface area contributed by atoms with Gasteiger partial charge in [0.1, 0.15) is 45.6 Å². The fourth-order valence-electron chi connectivity index (χ4n) is 10.3. The average Bonchev–Trinajstić information content (AvgIpc) is 1.96. The van der Waals surface area contributed by atoms with E-state index in [2.05, 4.69) is 64.4 Å². The van der Waals surface area contributed by atoms with Crippen LogP contribution in [0.1, 0.15) is 137 Å². The number of nitrogens with zero attached hydrogens (tertiary/aromatic N) is 8. The average molecular weight is 1190 g/mol. The molecule has 0 bridgehead atoms. The van der Waals surface area contributed by atoms with Crippen molar-refractivity contribution in [1.82, 2.24) is 34.4 Å². The van der Waals surface area contributed by atoms with Crippen LogP contribution in [-0.4, -0.2) is 167 Å². The van der Waals surface area contributed by atoms with E-state index in [0.717, 1.165) is 38.3 Å². The molecule has 0 saturated carbocycles. The van der Waals surface area contributed by atoms with E-state index >= 15 is 0 Å². The Bertz CT molecular complexity index is 2920. The van der Waals surface area contributed by atoms with Crippen LogP contribution in [0.2, 0.25) is 0 Å². The molecule has 0 radical (unpaired) electrons. The molecule has 21 nitrogen and oxygen atoms in total. The van der Waals surface area contributed by atoms with E-state index in [1.807, 2.05) is 23.6 Å². The summed E-state index contributed by atoms with van der Waals surface area (Å²) in [6.07, 6.45) is 5.60. The number of aliphatic imine (C=N–C) groups is 1. The van der Waals surface area contributed by atoms with Crippen molar-refractivity contribution < 1.29 is 56.9 Å². The quantitative estimate of drug-likeness (QED) is 0.00785. The number of nitrogens with one attached hydrogen (secondary N) is 1. The number of unbranched alkanes of at least 4 members (excludes halogenated alkanes) is 4. The maximum absolute atomic E-state index is 13.6. The van der Waals surface area contributed by atoms with Crippen molar-refractivity contribution in [2.75, 3.05) is 53.2 Å². The van der Waals surface area contributed by atoms with Crippen molar-refractivity contribution in [3.8, 4) is 0 Å². The first-order valence-electron chi connectivity index (χ1n) is 29.7. The lowest BCUT2D eigenvalue weighted by molar-refractivity contribution is -0.281. The van der Waals surface area contributed by atoms with Crippen LogP contribution in [0, 0.1) is 12.5 Å². The summed E-state index contributed by atoms with van der Waals surface area (Å²) in [6, 6.07) is 25.8. The standard InChI is InChI=1S/C63H84N9O12P/c1-10-49-55(84-85(38-26-34-64-7)72(43(2)3)44(4)5)56(59(80-49)71-42-68-52-57(69-41-70(8)9)66-40-67-58(52)71)77-36-24-12-11-23-35-65-51(73)33-22-25-37-78-63-45(6)53(82-61(75)47-29-18-14-19-30-47)54(83-62(76)48-31-20-15-21-32-48)50(81-63)39-79-60(74)46-27-16-13-17-28-46/h13-21,27-32,40-45,49-50,53-56,59,63H,10-12,22-26,33-39H2,1-6,8-9H3,(H,65,73)/t45-,49-,50-,53-,54+,55+,56?,59-,63-,85?/m1/s1. The molecule has 10 atom stereocenters. The predicted octanol–water partition coefficient (Wildman–Crippen LogP) is 10.4. The monoisotopic (exact) mass is 1190 g/mol. The lowest BCUT2D eigenvalue weighted by atomic mass is 9.91. The summed E-state index contributed by atoms with van der Waals surface area (Å²) in [5.74, 6) is -2.19. The van der Waals surface area contributed by atoms with Crippen molar-refractivity contribution in [3.63, 3.8) is 0 Å². The molecular weight excluding hydrogens is 1110 g/mol. The molecule has 2 saturated heterocycles. The number of aromatic nitrogens is 4. The van der Waals surface area contributed by atoms with Gasteiger partial charge in [-0.15, -0.1) is 0 Å². The Kier molecular flexibility index (Phi) is 26.2. The molecule has 7 rings (SSSR count). The maximum Gasteiger partial charge on any atom is 0.338 e. The molecule has 458 valence electrons. The number of hydrogen-bond donors (Lipinski definition) is 1. The predicted molar refractivity (Wildman–Crippen MR) is 323 cm³/mol. The SMILES string of the molecule is [C-]#[N+]CCCP(O[C@@H]1C(OCCCCCCNC(=O)CCCCO[C@@H]2O[C@H](COC(=O)c3ccccc3)[C@H](OC(=O)c3ccccc3)[C@H](OC(=O)c3ccccc3)[C@H]2C)[C@H](n2cnc3c(N=CN(C)C)ncnc32)O[C@@H]1CC)N(C(C)C)C(C)C. The van der Waals surface area contributed by atoms with Crippen molar-refractivity contribution in [2.24, 2.45) is 10.9 Å². The zero-order chi connectivity index (χ0) is 60.7. The third-order valence-electron chi connectivity index (χ3n) is 14.5. The normalized spacial score (nSPS) is 21.7. The maximum atomic E-state index is 13.6. The summed E-state index contributed by atoms with van der Waals surface area (Å²) < 4.78 is 55.9. The van der Waals surface area contributed by atoms with Crippen molar-refractivity contribution in [2.45, 2.75) is 161 Å². The lowest BCUT2D eigenvalue weighted by Crippen LogP contribution is -2.58. The van der Waals surface area contributed by atoms with Gasteiger partial charge in [0, 0.05) is 70.9 Å².